The van der Waals surface area contributed by atoms with Gasteiger partial charge in [0, 0.05) is 17.2 Å². The molecule has 1 amide bonds. The molecule has 4 nitrogen and oxygen atoms in total. The van der Waals surface area contributed by atoms with Crippen molar-refractivity contribution in [2.75, 3.05) is 0 Å². The van der Waals surface area contributed by atoms with Gasteiger partial charge in [-0.1, -0.05) is 19.1 Å². The van der Waals surface area contributed by atoms with Crippen molar-refractivity contribution >= 4 is 11.7 Å². The molecule has 1 aliphatic rings. The lowest BCUT2D eigenvalue weighted by Crippen LogP contribution is -2.46. The first-order chi connectivity index (χ1) is 9.51. The molecule has 108 valence electrons. The van der Waals surface area contributed by atoms with E-state index in [1.165, 1.54) is 6.92 Å². The average Bonchev–Trinajstić information content (AvgIpc) is 2.41. The van der Waals surface area contributed by atoms with E-state index in [-0.39, 0.29) is 23.8 Å². The number of hydrogen-bond donors (Lipinski definition) is 2. The first-order valence-corrected chi connectivity index (χ1v) is 7.11. The molecule has 0 saturated heterocycles. The molecule has 0 radical (unpaired) electrons. The van der Waals surface area contributed by atoms with E-state index in [0.717, 1.165) is 19.3 Å². The van der Waals surface area contributed by atoms with Crippen molar-refractivity contribution in [1.29, 1.82) is 0 Å². The van der Waals surface area contributed by atoms with Crippen LogP contribution in [0.1, 0.15) is 53.8 Å². The second kappa shape index (κ2) is 6.18. The Morgan fingerprint density at radius 1 is 1.35 bits per heavy atom. The Balaban J connectivity index is 2.03. The number of Topliss-reactive ketones (excluding diaryl/α,β-unsaturated/α-hetero) is 1. The molecule has 0 aliphatic heterocycles. The Morgan fingerprint density at radius 3 is 2.55 bits per heavy atom. The molecule has 0 unspecified atom stereocenters. The van der Waals surface area contributed by atoms with Crippen LogP contribution in [0.25, 0.3) is 0 Å². The molecule has 2 rings (SSSR count). The van der Waals surface area contributed by atoms with Gasteiger partial charge in [-0.3, -0.25) is 9.59 Å². The van der Waals surface area contributed by atoms with Crippen molar-refractivity contribution < 1.29 is 14.7 Å². The summed E-state index contributed by atoms with van der Waals surface area (Å²) in [5.74, 6) is 0.157. The van der Waals surface area contributed by atoms with Crippen LogP contribution in [-0.4, -0.2) is 28.9 Å². The number of aliphatic hydroxyl groups excluding tert-OH is 1. The fourth-order valence-electron chi connectivity index (χ4n) is 2.64. The highest BCUT2D eigenvalue weighted by Crippen LogP contribution is 2.31. The molecule has 1 fully saturated rings. The molecule has 1 saturated carbocycles. The maximum absolute atomic E-state index is 12.2. The van der Waals surface area contributed by atoms with Crippen molar-refractivity contribution in [3.05, 3.63) is 35.4 Å². The molecule has 0 bridgehead atoms. The number of aliphatic hydroxyl groups is 1. The third-order valence-electron chi connectivity index (χ3n) is 4.01. The van der Waals surface area contributed by atoms with Crippen molar-refractivity contribution in [2.45, 2.75) is 45.3 Å². The Bertz CT molecular complexity index is 506. The van der Waals surface area contributed by atoms with E-state index in [1.54, 1.807) is 24.3 Å². The summed E-state index contributed by atoms with van der Waals surface area (Å²) < 4.78 is 0. The quantitative estimate of drug-likeness (QED) is 0.809. The van der Waals surface area contributed by atoms with Gasteiger partial charge in [0.2, 0.25) is 0 Å². The zero-order valence-corrected chi connectivity index (χ0v) is 11.9. The molecular formula is C16H21NO3. The van der Waals surface area contributed by atoms with Crippen molar-refractivity contribution in [2.24, 2.45) is 5.92 Å². The van der Waals surface area contributed by atoms with E-state index >= 15 is 0 Å². The predicted molar refractivity (Wildman–Crippen MR) is 76.7 cm³/mol. The summed E-state index contributed by atoms with van der Waals surface area (Å²) in [6.45, 7) is 3.52. The van der Waals surface area contributed by atoms with E-state index in [2.05, 4.69) is 5.32 Å². The van der Waals surface area contributed by atoms with Gasteiger partial charge in [-0.15, -0.1) is 0 Å². The van der Waals surface area contributed by atoms with Gasteiger partial charge < -0.3 is 10.4 Å². The number of hydrogen-bond acceptors (Lipinski definition) is 3. The van der Waals surface area contributed by atoms with Crippen LogP contribution in [0, 0.1) is 5.92 Å². The van der Waals surface area contributed by atoms with E-state index < -0.39 is 0 Å². The van der Waals surface area contributed by atoms with Gasteiger partial charge in [0.05, 0.1) is 6.10 Å². The number of benzene rings is 1. The zero-order chi connectivity index (χ0) is 14.7. The third-order valence-corrected chi connectivity index (χ3v) is 4.01. The van der Waals surface area contributed by atoms with Gasteiger partial charge in [0.15, 0.2) is 5.78 Å². The number of ketones is 1. The summed E-state index contributed by atoms with van der Waals surface area (Å²) in [4.78, 5) is 23.6. The fourth-order valence-corrected chi connectivity index (χ4v) is 2.64. The first kappa shape index (κ1) is 14.7. The van der Waals surface area contributed by atoms with Crippen molar-refractivity contribution in [3.8, 4) is 0 Å². The SMILES string of the molecule is CC[C@@H](NC(=O)c1cccc(C(C)=O)c1)C1CC(O)C1. The summed E-state index contributed by atoms with van der Waals surface area (Å²) in [6.07, 6.45) is 2.14. The van der Waals surface area contributed by atoms with E-state index in [1.807, 2.05) is 6.92 Å². The smallest absolute Gasteiger partial charge is 0.251 e. The molecule has 0 heterocycles. The van der Waals surface area contributed by atoms with Gasteiger partial charge in [0.1, 0.15) is 0 Å². The van der Waals surface area contributed by atoms with Gasteiger partial charge in [-0.05, 0) is 44.2 Å². The summed E-state index contributed by atoms with van der Waals surface area (Å²) >= 11 is 0. The molecule has 0 aromatic heterocycles. The van der Waals surface area contributed by atoms with E-state index in [0.29, 0.717) is 17.0 Å². The van der Waals surface area contributed by atoms with E-state index in [4.69, 9.17) is 0 Å². The van der Waals surface area contributed by atoms with Gasteiger partial charge in [0.25, 0.3) is 5.91 Å². The largest absolute Gasteiger partial charge is 0.393 e. The monoisotopic (exact) mass is 275 g/mol. The predicted octanol–water partition coefficient (Wildman–Crippen LogP) is 2.17. The highest BCUT2D eigenvalue weighted by Gasteiger charge is 2.33. The standard InChI is InChI=1S/C16H21NO3/c1-3-15(13-8-14(19)9-13)17-16(20)12-6-4-5-11(7-12)10(2)18/h4-7,13-15,19H,3,8-9H2,1-2H3,(H,17,20)/t13?,14?,15-/m1/s1. The Morgan fingerprint density at radius 2 is 2.00 bits per heavy atom. The molecule has 20 heavy (non-hydrogen) atoms. The van der Waals surface area contributed by atoms with Crippen LogP contribution in [0.2, 0.25) is 0 Å². The highest BCUT2D eigenvalue weighted by atomic mass is 16.3. The van der Waals surface area contributed by atoms with Crippen molar-refractivity contribution in [3.63, 3.8) is 0 Å². The third kappa shape index (κ3) is 3.25. The topological polar surface area (TPSA) is 66.4 Å². The van der Waals surface area contributed by atoms with Crippen LogP contribution in [-0.2, 0) is 0 Å². The average molecular weight is 275 g/mol. The Hall–Kier alpha value is -1.68. The van der Waals surface area contributed by atoms with Crippen LogP contribution in [0.3, 0.4) is 0 Å². The zero-order valence-electron chi connectivity index (χ0n) is 11.9. The molecule has 2 N–H and O–H groups in total. The van der Waals surface area contributed by atoms with Crippen LogP contribution in [0.4, 0.5) is 0 Å². The summed E-state index contributed by atoms with van der Waals surface area (Å²) in [6, 6.07) is 6.86. The maximum atomic E-state index is 12.2. The molecule has 4 heteroatoms. The molecule has 1 aromatic carbocycles. The fraction of sp³-hybridized carbons (Fsp3) is 0.500. The Labute approximate surface area is 119 Å². The Kier molecular flexibility index (Phi) is 4.55. The second-order valence-electron chi connectivity index (χ2n) is 5.51. The minimum Gasteiger partial charge on any atom is -0.393 e. The number of nitrogens with one attached hydrogen (secondary N) is 1. The molecule has 0 spiro atoms. The van der Waals surface area contributed by atoms with Gasteiger partial charge in [-0.25, -0.2) is 0 Å². The van der Waals surface area contributed by atoms with Crippen LogP contribution in [0.15, 0.2) is 24.3 Å². The molecule has 1 aliphatic carbocycles. The lowest BCUT2D eigenvalue weighted by Gasteiger charge is -2.37. The number of rotatable bonds is 5. The molecule has 1 aromatic rings. The molecule has 1 atom stereocenters. The summed E-state index contributed by atoms with van der Waals surface area (Å²) in [5, 5.41) is 12.4. The van der Waals surface area contributed by atoms with Gasteiger partial charge in [-0.2, -0.15) is 0 Å². The number of carbonyl (C=O) groups is 2. The number of carbonyl (C=O) groups excluding carboxylic acids is 2. The van der Waals surface area contributed by atoms with Crippen LogP contribution in [0.5, 0.6) is 0 Å². The van der Waals surface area contributed by atoms with Gasteiger partial charge >= 0.3 is 0 Å². The minimum absolute atomic E-state index is 0.0474. The second-order valence-corrected chi connectivity index (χ2v) is 5.51. The highest BCUT2D eigenvalue weighted by molar-refractivity contribution is 5.99. The van der Waals surface area contributed by atoms with Crippen LogP contribution < -0.4 is 5.32 Å². The normalized spacial score (nSPS) is 22.8. The number of amides is 1. The van der Waals surface area contributed by atoms with E-state index in [9.17, 15) is 14.7 Å². The minimum atomic E-state index is -0.216. The van der Waals surface area contributed by atoms with Crippen molar-refractivity contribution in [1.82, 2.24) is 5.32 Å². The maximum Gasteiger partial charge on any atom is 0.251 e. The van der Waals surface area contributed by atoms with Crippen LogP contribution >= 0.6 is 0 Å². The first-order valence-electron chi connectivity index (χ1n) is 7.11. The summed E-state index contributed by atoms with van der Waals surface area (Å²) in [5.41, 5.74) is 1.06. The lowest BCUT2D eigenvalue weighted by atomic mass is 9.76. The summed E-state index contributed by atoms with van der Waals surface area (Å²) in [7, 11) is 0. The molecular weight excluding hydrogens is 254 g/mol. The lowest BCUT2D eigenvalue weighted by molar-refractivity contribution is 0.0232.